The van der Waals surface area contributed by atoms with Gasteiger partial charge in [-0.25, -0.2) is 0 Å². The zero-order valence-electron chi connectivity index (χ0n) is 16.8. The maximum Gasteiger partial charge on any atom is 0.198 e. The first kappa shape index (κ1) is 18.8. The van der Waals surface area contributed by atoms with Crippen LogP contribution in [0.2, 0.25) is 0 Å². The van der Waals surface area contributed by atoms with Crippen LogP contribution in [-0.2, 0) is 6.54 Å². The summed E-state index contributed by atoms with van der Waals surface area (Å²) in [6, 6.07) is 27.9. The quantitative estimate of drug-likeness (QED) is 0.547. The van der Waals surface area contributed by atoms with Gasteiger partial charge in [-0.1, -0.05) is 72.8 Å². The molecule has 3 aromatic carbocycles. The van der Waals surface area contributed by atoms with Crippen molar-refractivity contribution in [3.8, 4) is 11.3 Å². The van der Waals surface area contributed by atoms with Crippen molar-refractivity contribution < 1.29 is 4.42 Å². The third-order valence-electron chi connectivity index (χ3n) is 5.78. The highest BCUT2D eigenvalue weighted by atomic mass is 16.3. The lowest BCUT2D eigenvalue weighted by Crippen LogP contribution is -2.47. The number of para-hydroxylation sites is 1. The highest BCUT2D eigenvalue weighted by Gasteiger charge is 2.30. The molecule has 4 aromatic rings. The van der Waals surface area contributed by atoms with Crippen molar-refractivity contribution in [2.45, 2.75) is 12.6 Å². The summed E-state index contributed by atoms with van der Waals surface area (Å²) in [5, 5.41) is 4.12. The second-order valence-electron chi connectivity index (χ2n) is 7.71. The van der Waals surface area contributed by atoms with E-state index in [-0.39, 0.29) is 11.5 Å². The first-order valence-electron chi connectivity index (χ1n) is 10.4. The van der Waals surface area contributed by atoms with Crippen LogP contribution >= 0.6 is 0 Å². The lowest BCUT2D eigenvalue weighted by atomic mass is 9.96. The van der Waals surface area contributed by atoms with Crippen LogP contribution in [0.15, 0.2) is 94.1 Å². The van der Waals surface area contributed by atoms with Gasteiger partial charge in [0.2, 0.25) is 0 Å². The van der Waals surface area contributed by atoms with E-state index in [1.165, 1.54) is 5.56 Å². The molecule has 4 heteroatoms. The Balaban J connectivity index is 1.67. The summed E-state index contributed by atoms with van der Waals surface area (Å²) in [6.07, 6.45) is 0. The van der Waals surface area contributed by atoms with Crippen LogP contribution in [0.5, 0.6) is 0 Å². The molecule has 1 N–H and O–H groups in total. The lowest BCUT2D eigenvalue weighted by molar-refractivity contribution is 0.152. The van der Waals surface area contributed by atoms with Crippen LogP contribution in [0.1, 0.15) is 17.2 Å². The molecule has 0 amide bonds. The van der Waals surface area contributed by atoms with Crippen molar-refractivity contribution in [2.75, 3.05) is 19.6 Å². The van der Waals surface area contributed by atoms with Gasteiger partial charge in [-0.3, -0.25) is 9.69 Å². The Morgan fingerprint density at radius 1 is 0.900 bits per heavy atom. The van der Waals surface area contributed by atoms with E-state index in [1.807, 2.05) is 60.7 Å². The van der Waals surface area contributed by atoms with Gasteiger partial charge in [-0.05, 0) is 17.7 Å². The Bertz CT molecular complexity index is 1200. The Morgan fingerprint density at radius 3 is 2.40 bits per heavy atom. The third-order valence-corrected chi connectivity index (χ3v) is 5.78. The number of rotatable bonds is 4. The summed E-state index contributed by atoms with van der Waals surface area (Å²) < 4.78 is 6.36. The molecule has 1 unspecified atom stereocenters. The molecule has 0 spiro atoms. The Labute approximate surface area is 175 Å². The molecule has 1 atom stereocenters. The molecule has 0 aliphatic carbocycles. The van der Waals surface area contributed by atoms with Gasteiger partial charge < -0.3 is 9.73 Å². The topological polar surface area (TPSA) is 45.5 Å². The number of fused-ring (bicyclic) bond motifs is 1. The van der Waals surface area contributed by atoms with Crippen LogP contribution in [0.3, 0.4) is 0 Å². The second kappa shape index (κ2) is 8.27. The molecule has 1 saturated heterocycles. The molecule has 4 nitrogen and oxygen atoms in total. The molecular formula is C26H24N2O2. The molecule has 150 valence electrons. The number of benzene rings is 3. The smallest absolute Gasteiger partial charge is 0.198 e. The summed E-state index contributed by atoms with van der Waals surface area (Å²) in [5.74, 6) is 0.672. The average molecular weight is 396 g/mol. The number of nitrogens with one attached hydrogen (secondary N) is 1. The first-order chi connectivity index (χ1) is 14.8. The highest BCUT2D eigenvalue weighted by molar-refractivity contribution is 5.80. The zero-order valence-corrected chi connectivity index (χ0v) is 16.8. The van der Waals surface area contributed by atoms with E-state index in [0.29, 0.717) is 16.7 Å². The first-order valence-corrected chi connectivity index (χ1v) is 10.4. The van der Waals surface area contributed by atoms with E-state index in [2.05, 4.69) is 34.5 Å². The molecule has 0 radical (unpaired) electrons. The fourth-order valence-electron chi connectivity index (χ4n) is 4.30. The molecule has 1 aromatic heterocycles. The maximum absolute atomic E-state index is 13.7. The predicted octanol–water partition coefficient (Wildman–Crippen LogP) is 4.61. The van der Waals surface area contributed by atoms with Gasteiger partial charge in [0.15, 0.2) is 5.43 Å². The van der Waals surface area contributed by atoms with Gasteiger partial charge in [-0.2, -0.15) is 0 Å². The fraction of sp³-hybridized carbons (Fsp3) is 0.192. The number of nitrogens with zero attached hydrogens (tertiary/aromatic N) is 1. The molecule has 0 saturated carbocycles. The van der Waals surface area contributed by atoms with Gasteiger partial charge in [-0.15, -0.1) is 0 Å². The van der Waals surface area contributed by atoms with E-state index in [1.54, 1.807) is 0 Å². The van der Waals surface area contributed by atoms with Gasteiger partial charge in [0.25, 0.3) is 0 Å². The molecule has 1 aliphatic heterocycles. The SMILES string of the molecule is O=c1c(C2CNCCN2Cc2ccccc2)c(-c2ccccc2)oc2ccccc12. The minimum absolute atomic E-state index is 0.0578. The summed E-state index contributed by atoms with van der Waals surface area (Å²) >= 11 is 0. The number of hydrogen-bond acceptors (Lipinski definition) is 4. The molecule has 30 heavy (non-hydrogen) atoms. The molecule has 1 aliphatic rings. The minimum Gasteiger partial charge on any atom is -0.455 e. The van der Waals surface area contributed by atoms with Gasteiger partial charge >= 0.3 is 0 Å². The summed E-state index contributed by atoms with van der Waals surface area (Å²) in [6.45, 7) is 3.30. The van der Waals surface area contributed by atoms with Gasteiger partial charge in [0, 0.05) is 31.7 Å². The van der Waals surface area contributed by atoms with Crippen LogP contribution in [0.4, 0.5) is 0 Å². The molecule has 5 rings (SSSR count). The minimum atomic E-state index is -0.0602. The summed E-state index contributed by atoms with van der Waals surface area (Å²) in [5.41, 5.74) is 3.60. The molecule has 1 fully saturated rings. The van der Waals surface area contributed by atoms with E-state index < -0.39 is 0 Å². The molecular weight excluding hydrogens is 372 g/mol. The average Bonchev–Trinajstić information content (AvgIpc) is 2.81. The Morgan fingerprint density at radius 2 is 1.60 bits per heavy atom. The van der Waals surface area contributed by atoms with Gasteiger partial charge in [0.05, 0.1) is 17.0 Å². The molecule has 2 heterocycles. The van der Waals surface area contributed by atoms with Crippen LogP contribution in [0, 0.1) is 0 Å². The van der Waals surface area contributed by atoms with E-state index in [0.717, 1.165) is 37.3 Å². The third kappa shape index (κ3) is 3.56. The van der Waals surface area contributed by atoms with E-state index >= 15 is 0 Å². The lowest BCUT2D eigenvalue weighted by Gasteiger charge is -2.36. The number of piperazine rings is 1. The van der Waals surface area contributed by atoms with Crippen LogP contribution < -0.4 is 10.7 Å². The summed E-state index contributed by atoms with van der Waals surface area (Å²) in [4.78, 5) is 16.1. The Hall–Kier alpha value is -3.21. The normalized spacial score (nSPS) is 17.3. The van der Waals surface area contributed by atoms with Crippen LogP contribution in [0.25, 0.3) is 22.3 Å². The van der Waals surface area contributed by atoms with Crippen molar-refractivity contribution >= 4 is 11.0 Å². The largest absolute Gasteiger partial charge is 0.455 e. The highest BCUT2D eigenvalue weighted by Crippen LogP contribution is 2.33. The Kier molecular flexibility index (Phi) is 5.18. The predicted molar refractivity (Wildman–Crippen MR) is 120 cm³/mol. The van der Waals surface area contributed by atoms with E-state index in [4.69, 9.17) is 4.42 Å². The van der Waals surface area contributed by atoms with Gasteiger partial charge in [0.1, 0.15) is 11.3 Å². The monoisotopic (exact) mass is 396 g/mol. The second-order valence-corrected chi connectivity index (χ2v) is 7.71. The molecule has 0 bridgehead atoms. The van der Waals surface area contributed by atoms with Crippen molar-refractivity contribution in [3.63, 3.8) is 0 Å². The van der Waals surface area contributed by atoms with Crippen molar-refractivity contribution in [1.29, 1.82) is 0 Å². The van der Waals surface area contributed by atoms with E-state index in [9.17, 15) is 4.79 Å². The summed E-state index contributed by atoms with van der Waals surface area (Å²) in [7, 11) is 0. The fourth-order valence-corrected chi connectivity index (χ4v) is 4.30. The van der Waals surface area contributed by atoms with Crippen LogP contribution in [-0.4, -0.2) is 24.5 Å². The van der Waals surface area contributed by atoms with Crippen molar-refractivity contribution in [3.05, 3.63) is 106 Å². The van der Waals surface area contributed by atoms with Crippen molar-refractivity contribution in [2.24, 2.45) is 0 Å². The van der Waals surface area contributed by atoms with Crippen molar-refractivity contribution in [1.82, 2.24) is 10.2 Å². The maximum atomic E-state index is 13.7. The zero-order chi connectivity index (χ0) is 20.3. The number of hydrogen-bond donors (Lipinski definition) is 1. The standard InChI is InChI=1S/C26H24N2O2/c29-25-21-13-7-8-14-23(21)30-26(20-11-5-2-6-12-20)24(25)22-17-27-15-16-28(22)18-19-9-3-1-4-10-19/h1-14,22,27H,15-18H2.